The standard InChI is InChI=1S/C14H22N2O/c1-10(2)14(4,5)16-13-8-6-12(7-9-13)15-11(3)17/h6-10,16H,1-5H3,(H,15,17). The number of carbonyl (C=O) groups is 1. The monoisotopic (exact) mass is 234 g/mol. The quantitative estimate of drug-likeness (QED) is 0.837. The van der Waals surface area contributed by atoms with Gasteiger partial charge in [-0.15, -0.1) is 0 Å². The van der Waals surface area contributed by atoms with Crippen LogP contribution in [0.1, 0.15) is 34.6 Å². The number of hydrogen-bond acceptors (Lipinski definition) is 2. The molecule has 0 aromatic heterocycles. The van der Waals surface area contributed by atoms with Crippen LogP contribution in [0, 0.1) is 5.92 Å². The van der Waals surface area contributed by atoms with Gasteiger partial charge in [-0.1, -0.05) is 13.8 Å². The van der Waals surface area contributed by atoms with E-state index in [-0.39, 0.29) is 11.4 Å². The summed E-state index contributed by atoms with van der Waals surface area (Å²) in [4.78, 5) is 10.9. The molecule has 3 nitrogen and oxygen atoms in total. The Kier molecular flexibility index (Phi) is 4.16. The van der Waals surface area contributed by atoms with E-state index >= 15 is 0 Å². The fourth-order valence-corrected chi connectivity index (χ4v) is 1.36. The molecule has 3 heteroatoms. The number of amides is 1. The summed E-state index contributed by atoms with van der Waals surface area (Å²) in [5.41, 5.74) is 1.94. The molecule has 0 aliphatic heterocycles. The van der Waals surface area contributed by atoms with Crippen molar-refractivity contribution < 1.29 is 4.79 Å². The van der Waals surface area contributed by atoms with Crippen LogP contribution in [0.2, 0.25) is 0 Å². The first-order chi connectivity index (χ1) is 7.81. The Hall–Kier alpha value is -1.51. The minimum atomic E-state index is -0.0479. The summed E-state index contributed by atoms with van der Waals surface area (Å²) >= 11 is 0. The average molecular weight is 234 g/mol. The van der Waals surface area contributed by atoms with Gasteiger partial charge in [0.25, 0.3) is 0 Å². The SMILES string of the molecule is CC(=O)Nc1ccc(NC(C)(C)C(C)C)cc1. The molecule has 0 unspecified atom stereocenters. The average Bonchev–Trinajstić information content (AvgIpc) is 2.19. The molecule has 0 aliphatic carbocycles. The third-order valence-corrected chi connectivity index (χ3v) is 3.12. The Morgan fingerprint density at radius 3 is 2.00 bits per heavy atom. The van der Waals surface area contributed by atoms with Gasteiger partial charge in [-0.3, -0.25) is 4.79 Å². The fourth-order valence-electron chi connectivity index (χ4n) is 1.36. The van der Waals surface area contributed by atoms with E-state index in [4.69, 9.17) is 0 Å². The molecular formula is C14H22N2O. The molecule has 0 spiro atoms. The van der Waals surface area contributed by atoms with Gasteiger partial charge in [0, 0.05) is 23.8 Å². The van der Waals surface area contributed by atoms with Crippen LogP contribution >= 0.6 is 0 Å². The van der Waals surface area contributed by atoms with Crippen molar-refractivity contribution in [3.8, 4) is 0 Å². The Labute approximate surface area is 104 Å². The number of hydrogen-bond donors (Lipinski definition) is 2. The van der Waals surface area contributed by atoms with Crippen molar-refractivity contribution >= 4 is 17.3 Å². The first-order valence-corrected chi connectivity index (χ1v) is 5.97. The lowest BCUT2D eigenvalue weighted by atomic mass is 9.90. The molecule has 1 amide bonds. The number of anilines is 2. The lowest BCUT2D eigenvalue weighted by molar-refractivity contribution is -0.114. The van der Waals surface area contributed by atoms with Gasteiger partial charge in [0.2, 0.25) is 5.91 Å². The van der Waals surface area contributed by atoms with Crippen LogP contribution in [-0.4, -0.2) is 11.4 Å². The second-order valence-corrected chi connectivity index (χ2v) is 5.26. The van der Waals surface area contributed by atoms with Gasteiger partial charge < -0.3 is 10.6 Å². The van der Waals surface area contributed by atoms with Gasteiger partial charge in [-0.25, -0.2) is 0 Å². The van der Waals surface area contributed by atoms with Gasteiger partial charge in [0.15, 0.2) is 0 Å². The van der Waals surface area contributed by atoms with E-state index in [1.54, 1.807) is 0 Å². The van der Waals surface area contributed by atoms with Crippen LogP contribution in [0.25, 0.3) is 0 Å². The third kappa shape index (κ3) is 4.10. The molecular weight excluding hydrogens is 212 g/mol. The lowest BCUT2D eigenvalue weighted by Crippen LogP contribution is -2.36. The van der Waals surface area contributed by atoms with Gasteiger partial charge in [-0.2, -0.15) is 0 Å². The third-order valence-electron chi connectivity index (χ3n) is 3.12. The second-order valence-electron chi connectivity index (χ2n) is 5.26. The highest BCUT2D eigenvalue weighted by atomic mass is 16.1. The molecule has 17 heavy (non-hydrogen) atoms. The number of benzene rings is 1. The van der Waals surface area contributed by atoms with Crippen molar-refractivity contribution in [2.24, 2.45) is 5.92 Å². The van der Waals surface area contributed by atoms with Gasteiger partial charge in [-0.05, 0) is 44.0 Å². The van der Waals surface area contributed by atoms with Crippen LogP contribution in [0.5, 0.6) is 0 Å². The summed E-state index contributed by atoms with van der Waals surface area (Å²) in [5.74, 6) is 0.491. The zero-order chi connectivity index (χ0) is 13.1. The molecule has 1 aromatic rings. The molecule has 0 saturated heterocycles. The highest BCUT2D eigenvalue weighted by molar-refractivity contribution is 5.88. The Morgan fingerprint density at radius 2 is 1.59 bits per heavy atom. The molecule has 0 aliphatic rings. The van der Waals surface area contributed by atoms with E-state index in [1.165, 1.54) is 6.92 Å². The number of carbonyl (C=O) groups excluding carboxylic acids is 1. The zero-order valence-corrected chi connectivity index (χ0v) is 11.3. The van der Waals surface area contributed by atoms with Crippen LogP contribution in [0.15, 0.2) is 24.3 Å². The summed E-state index contributed by atoms with van der Waals surface area (Å²) in [6.07, 6.45) is 0. The molecule has 94 valence electrons. The summed E-state index contributed by atoms with van der Waals surface area (Å²) in [5, 5.41) is 6.24. The van der Waals surface area contributed by atoms with Crippen LogP contribution < -0.4 is 10.6 Å². The first-order valence-electron chi connectivity index (χ1n) is 5.97. The molecule has 0 bridgehead atoms. The van der Waals surface area contributed by atoms with E-state index in [0.29, 0.717) is 5.92 Å². The predicted octanol–water partition coefficient (Wildman–Crippen LogP) is 3.49. The van der Waals surface area contributed by atoms with Gasteiger partial charge in [0.1, 0.15) is 0 Å². The van der Waals surface area contributed by atoms with Crippen molar-refractivity contribution in [1.29, 1.82) is 0 Å². The van der Waals surface area contributed by atoms with E-state index < -0.39 is 0 Å². The Balaban J connectivity index is 2.72. The fraction of sp³-hybridized carbons (Fsp3) is 0.500. The maximum atomic E-state index is 10.9. The lowest BCUT2D eigenvalue weighted by Gasteiger charge is -2.31. The van der Waals surface area contributed by atoms with Crippen molar-refractivity contribution in [1.82, 2.24) is 0 Å². The van der Waals surface area contributed by atoms with E-state index in [1.807, 2.05) is 24.3 Å². The van der Waals surface area contributed by atoms with E-state index in [9.17, 15) is 4.79 Å². The molecule has 1 aromatic carbocycles. The molecule has 2 N–H and O–H groups in total. The van der Waals surface area contributed by atoms with Gasteiger partial charge >= 0.3 is 0 Å². The summed E-state index contributed by atoms with van der Waals surface area (Å²) < 4.78 is 0. The molecule has 1 rings (SSSR count). The Bertz CT molecular complexity index is 380. The van der Waals surface area contributed by atoms with Crippen LogP contribution in [0.3, 0.4) is 0 Å². The minimum Gasteiger partial charge on any atom is -0.380 e. The largest absolute Gasteiger partial charge is 0.380 e. The van der Waals surface area contributed by atoms with Crippen molar-refractivity contribution in [2.45, 2.75) is 40.2 Å². The maximum Gasteiger partial charge on any atom is 0.221 e. The second kappa shape index (κ2) is 5.21. The molecule has 0 saturated carbocycles. The molecule has 0 fully saturated rings. The number of nitrogens with one attached hydrogen (secondary N) is 2. The van der Waals surface area contributed by atoms with Crippen molar-refractivity contribution in [2.75, 3.05) is 10.6 Å². The molecule has 0 radical (unpaired) electrons. The Morgan fingerprint density at radius 1 is 1.12 bits per heavy atom. The molecule has 0 heterocycles. The first kappa shape index (κ1) is 13.6. The molecule has 0 atom stereocenters. The van der Waals surface area contributed by atoms with Crippen molar-refractivity contribution in [3.63, 3.8) is 0 Å². The highest BCUT2D eigenvalue weighted by Gasteiger charge is 2.21. The van der Waals surface area contributed by atoms with Crippen molar-refractivity contribution in [3.05, 3.63) is 24.3 Å². The van der Waals surface area contributed by atoms with E-state index in [0.717, 1.165) is 11.4 Å². The van der Waals surface area contributed by atoms with E-state index in [2.05, 4.69) is 38.3 Å². The topological polar surface area (TPSA) is 41.1 Å². The smallest absolute Gasteiger partial charge is 0.221 e. The summed E-state index contributed by atoms with van der Waals surface area (Å²) in [6, 6.07) is 7.77. The van der Waals surface area contributed by atoms with Gasteiger partial charge in [0.05, 0.1) is 0 Å². The zero-order valence-electron chi connectivity index (χ0n) is 11.3. The summed E-state index contributed by atoms with van der Waals surface area (Å²) in [6.45, 7) is 10.3. The summed E-state index contributed by atoms with van der Waals surface area (Å²) in [7, 11) is 0. The highest BCUT2D eigenvalue weighted by Crippen LogP contribution is 2.23. The number of rotatable bonds is 4. The minimum absolute atomic E-state index is 0.0479. The normalized spacial score (nSPS) is 11.4. The maximum absolute atomic E-state index is 10.9. The predicted molar refractivity (Wildman–Crippen MR) is 73.3 cm³/mol. The van der Waals surface area contributed by atoms with Crippen LogP contribution in [0.4, 0.5) is 11.4 Å². The van der Waals surface area contributed by atoms with Crippen LogP contribution in [-0.2, 0) is 4.79 Å².